The standard InChI is InChI=1S/C25H26ClN3O8S.C19H20ClN3O7S/c1-3-17(18-8-4-13(2)36-18)37-24-20(22(32)23(24)33)27-16-7-6-15(26)25(21(16)31)38(34,35)28-10-11-29-14(12-28)5-9-19(29)30;1-2-30-18-14(16(26)17(18)27)21-12-5-4-11(20)19(15(12)25)31(28,29)22-7-8-23-10(9-22)3-6-13(23)24/h4,6-8,14,17,27,31H,3,5,9-12H2,1-2H3;4-5,10,21,25H,2-3,6-9H2,1H3/t14?,17-;/m1./s1. The van der Waals surface area contributed by atoms with Crippen molar-refractivity contribution in [1.82, 2.24) is 18.4 Å². The number of phenolic OH excluding ortho intramolecular Hbond substituents is 2. The Hall–Kier alpha value is -5.98. The van der Waals surface area contributed by atoms with Gasteiger partial charge in [0.2, 0.25) is 31.9 Å². The van der Waals surface area contributed by atoms with E-state index in [-0.39, 0.29) is 114 Å². The summed E-state index contributed by atoms with van der Waals surface area (Å²) < 4.78 is 72.5. The van der Waals surface area contributed by atoms with Gasteiger partial charge in [0.15, 0.2) is 29.1 Å². The molecule has 4 aliphatic rings. The minimum Gasteiger partial charge on any atom is -0.504 e. The molecule has 1 aromatic heterocycles. The van der Waals surface area contributed by atoms with Gasteiger partial charge in [-0.25, -0.2) is 16.8 Å². The van der Waals surface area contributed by atoms with Crippen LogP contribution in [0.1, 0.15) is 63.6 Å². The predicted octanol–water partition coefficient (Wildman–Crippen LogP) is 3.59. The Morgan fingerprint density at radius 3 is 1.58 bits per heavy atom. The van der Waals surface area contributed by atoms with Crippen LogP contribution in [0.4, 0.5) is 22.7 Å². The second-order valence-electron chi connectivity index (χ2n) is 16.7. The fourth-order valence-corrected chi connectivity index (χ4v) is 13.0. The number of rotatable bonds is 14. The summed E-state index contributed by atoms with van der Waals surface area (Å²) in [6, 6.07) is 8.18. The molecule has 9 rings (SSSR count). The van der Waals surface area contributed by atoms with E-state index in [0.717, 1.165) is 0 Å². The number of amides is 2. The fourth-order valence-electron chi connectivity index (χ4n) is 8.90. The summed E-state index contributed by atoms with van der Waals surface area (Å²) in [5, 5.41) is 26.6. The van der Waals surface area contributed by atoms with Gasteiger partial charge in [-0.3, -0.25) is 28.8 Å². The number of aryl methyl sites for hydroxylation is 1. The van der Waals surface area contributed by atoms with Crippen LogP contribution in [0.3, 0.4) is 0 Å². The van der Waals surface area contributed by atoms with E-state index in [1.54, 1.807) is 35.8 Å². The van der Waals surface area contributed by atoms with Crippen LogP contribution in [0.15, 0.2) is 69.8 Å². The lowest BCUT2D eigenvalue weighted by molar-refractivity contribution is -0.130. The van der Waals surface area contributed by atoms with Crippen molar-refractivity contribution in [2.75, 3.05) is 56.5 Å². The Balaban J connectivity index is 0.000000190. The van der Waals surface area contributed by atoms with E-state index in [1.165, 1.54) is 32.9 Å². The lowest BCUT2D eigenvalue weighted by Crippen LogP contribution is -2.53. The smallest absolute Gasteiger partial charge is 0.272 e. The molecule has 25 heteroatoms. The SMILES string of the molecule is CCOc1c(Nc2ccc(Cl)c(S(=O)(=O)N3CCN4C(=O)CCC4C3)c2O)c(=O)c1=O.CC[C@@H](Oc1c(Nc2ccc(Cl)c(S(=O)(=O)N3CCN4C(=O)CCC4C3)c2O)c(=O)c1=O)c1ccc(C)o1. The second-order valence-corrected chi connectivity index (χ2v) is 21.3. The number of fused-ring (bicyclic) bond motifs is 2. The zero-order valence-corrected chi connectivity index (χ0v) is 40.4. The molecule has 69 heavy (non-hydrogen) atoms. The number of furan rings is 1. The van der Waals surface area contributed by atoms with Gasteiger partial charge in [0.05, 0.1) is 28.0 Å². The van der Waals surface area contributed by atoms with Gasteiger partial charge in [0.1, 0.15) is 32.7 Å². The Bertz CT molecular complexity index is 3250. The van der Waals surface area contributed by atoms with Crippen LogP contribution in [-0.4, -0.2) is 115 Å². The summed E-state index contributed by atoms with van der Waals surface area (Å²) in [4.78, 5) is 74.4. The summed E-state index contributed by atoms with van der Waals surface area (Å²) in [5.41, 5.74) is -3.96. The van der Waals surface area contributed by atoms with E-state index in [0.29, 0.717) is 43.6 Å². The quantitative estimate of drug-likeness (QED) is 0.0913. The molecule has 0 spiro atoms. The van der Waals surface area contributed by atoms with Crippen molar-refractivity contribution in [2.45, 2.75) is 80.9 Å². The molecule has 0 bridgehead atoms. The van der Waals surface area contributed by atoms with Gasteiger partial charge in [-0.15, -0.1) is 0 Å². The molecule has 4 aromatic carbocycles. The maximum atomic E-state index is 13.5. The highest BCUT2D eigenvalue weighted by atomic mass is 35.5. The second kappa shape index (κ2) is 19.1. The minimum absolute atomic E-state index is 0.00219. The number of aromatic hydroxyl groups is 2. The third-order valence-corrected chi connectivity index (χ3v) is 17.3. The number of nitrogens with zero attached hydrogens (tertiary/aromatic N) is 4. The van der Waals surface area contributed by atoms with E-state index >= 15 is 0 Å². The van der Waals surface area contributed by atoms with E-state index < -0.39 is 69.2 Å². The number of nitrogens with one attached hydrogen (secondary N) is 2. The van der Waals surface area contributed by atoms with Crippen molar-refractivity contribution in [1.29, 1.82) is 0 Å². The van der Waals surface area contributed by atoms with E-state index in [9.17, 15) is 55.8 Å². The van der Waals surface area contributed by atoms with Crippen molar-refractivity contribution in [3.8, 4) is 23.0 Å². The number of carbonyl (C=O) groups is 2. The first kappa shape index (κ1) is 49.4. The lowest BCUT2D eigenvalue weighted by atomic mass is 10.1. The Labute approximate surface area is 404 Å². The molecule has 0 aliphatic carbocycles. The molecule has 368 valence electrons. The average molecular weight is 1030 g/mol. The van der Waals surface area contributed by atoms with Crippen LogP contribution in [0.25, 0.3) is 0 Å². The molecular formula is C44H46Cl2N6O15S2. The van der Waals surface area contributed by atoms with Crippen LogP contribution in [-0.2, 0) is 29.6 Å². The average Bonchev–Trinajstić information content (AvgIpc) is 4.05. The predicted molar refractivity (Wildman–Crippen MR) is 251 cm³/mol. The Morgan fingerprint density at radius 2 is 1.14 bits per heavy atom. The number of hydrogen-bond donors (Lipinski definition) is 4. The summed E-state index contributed by atoms with van der Waals surface area (Å²) >= 11 is 12.4. The number of carbonyl (C=O) groups excluding carboxylic acids is 2. The zero-order chi connectivity index (χ0) is 49.9. The maximum absolute atomic E-state index is 13.5. The van der Waals surface area contributed by atoms with Gasteiger partial charge >= 0.3 is 0 Å². The van der Waals surface area contributed by atoms with Crippen molar-refractivity contribution < 1.29 is 50.5 Å². The highest BCUT2D eigenvalue weighted by Gasteiger charge is 2.43. The first-order valence-corrected chi connectivity index (χ1v) is 25.5. The maximum Gasteiger partial charge on any atom is 0.272 e. The molecule has 4 aliphatic heterocycles. The summed E-state index contributed by atoms with van der Waals surface area (Å²) in [7, 11) is -8.46. The molecule has 5 aromatic rings. The number of phenols is 2. The van der Waals surface area contributed by atoms with Crippen molar-refractivity contribution >= 4 is 77.8 Å². The molecule has 21 nitrogen and oxygen atoms in total. The summed E-state index contributed by atoms with van der Waals surface area (Å²) in [5.74, 6) is -0.639. The third kappa shape index (κ3) is 8.95. The fraction of sp³-hybridized carbons (Fsp3) is 0.409. The molecule has 0 saturated carbocycles. The summed E-state index contributed by atoms with van der Waals surface area (Å²) in [6.07, 6.45) is 1.68. The van der Waals surface area contributed by atoms with Gasteiger partial charge in [-0.05, 0) is 69.5 Å². The number of halogens is 2. The number of sulfonamides is 2. The van der Waals surface area contributed by atoms with Gasteiger partial charge in [0.25, 0.3) is 21.7 Å². The number of piperazine rings is 2. The normalized spacial score (nSPS) is 19.3. The van der Waals surface area contributed by atoms with Gasteiger partial charge in [-0.1, -0.05) is 30.1 Å². The van der Waals surface area contributed by atoms with Gasteiger partial charge < -0.3 is 44.5 Å². The Morgan fingerprint density at radius 1 is 0.681 bits per heavy atom. The van der Waals surface area contributed by atoms with Crippen LogP contribution in [0.5, 0.6) is 23.0 Å². The summed E-state index contributed by atoms with van der Waals surface area (Å²) in [6.45, 7) is 6.22. The topological polar surface area (TPSA) is 280 Å². The molecule has 2 unspecified atom stereocenters. The van der Waals surface area contributed by atoms with Crippen LogP contribution >= 0.6 is 23.2 Å². The Kier molecular flexibility index (Phi) is 13.7. The monoisotopic (exact) mass is 1030 g/mol. The minimum atomic E-state index is -4.26. The van der Waals surface area contributed by atoms with Crippen LogP contribution in [0.2, 0.25) is 10.0 Å². The number of benzene rings is 2. The van der Waals surface area contributed by atoms with Crippen molar-refractivity contribution in [3.63, 3.8) is 0 Å². The molecular weight excluding hydrogens is 988 g/mol. The molecule has 5 heterocycles. The van der Waals surface area contributed by atoms with Crippen LogP contribution in [0, 0.1) is 6.92 Å². The van der Waals surface area contributed by atoms with E-state index in [1.807, 2.05) is 6.92 Å². The van der Waals surface area contributed by atoms with E-state index in [4.69, 9.17) is 37.1 Å². The third-order valence-electron chi connectivity index (χ3n) is 12.5. The van der Waals surface area contributed by atoms with Crippen LogP contribution < -0.4 is 41.8 Å². The highest BCUT2D eigenvalue weighted by molar-refractivity contribution is 7.89. The van der Waals surface area contributed by atoms with Gasteiger partial charge in [-0.2, -0.15) is 8.61 Å². The first-order chi connectivity index (χ1) is 32.7. The highest BCUT2D eigenvalue weighted by Crippen LogP contribution is 2.43. The molecule has 4 saturated heterocycles. The number of hydrogen-bond acceptors (Lipinski definition) is 17. The molecule has 4 N–H and O–H groups in total. The molecule has 4 fully saturated rings. The number of ether oxygens (including phenoxy) is 2. The largest absolute Gasteiger partial charge is 0.504 e. The zero-order valence-electron chi connectivity index (χ0n) is 37.2. The first-order valence-electron chi connectivity index (χ1n) is 21.9. The van der Waals surface area contributed by atoms with E-state index in [2.05, 4.69) is 10.6 Å². The van der Waals surface area contributed by atoms with Crippen molar-refractivity contribution in [3.05, 3.63) is 98.9 Å². The molecule has 2 amide bonds. The molecule has 3 atom stereocenters. The number of anilines is 4. The lowest BCUT2D eigenvalue weighted by Gasteiger charge is -2.36. The van der Waals surface area contributed by atoms with Gasteiger partial charge in [0, 0.05) is 64.2 Å². The molecule has 0 radical (unpaired) electrons. The van der Waals surface area contributed by atoms with Crippen molar-refractivity contribution in [2.24, 2.45) is 0 Å².